The molecule has 0 unspecified atom stereocenters. The maximum absolute atomic E-state index is 13.6. The quantitative estimate of drug-likeness (QED) is 0.246. The zero-order valence-corrected chi connectivity index (χ0v) is 18.2. The Kier molecular flexibility index (Phi) is 5.05. The van der Waals surface area contributed by atoms with Crippen LogP contribution >= 0.6 is 23.1 Å². The second-order valence-corrected chi connectivity index (χ2v) is 9.51. The maximum Gasteiger partial charge on any atom is 0.267 e. The van der Waals surface area contributed by atoms with Crippen molar-refractivity contribution in [3.63, 3.8) is 0 Å². The molecule has 150 valence electrons. The minimum absolute atomic E-state index is 0.0302. The molecule has 0 saturated carbocycles. The van der Waals surface area contributed by atoms with Crippen LogP contribution in [0.3, 0.4) is 0 Å². The molecule has 0 atom stereocenters. The van der Waals surface area contributed by atoms with Crippen LogP contribution in [0, 0.1) is 6.92 Å². The second kappa shape index (κ2) is 7.85. The van der Waals surface area contributed by atoms with Gasteiger partial charge in [0, 0.05) is 10.4 Å². The smallest absolute Gasteiger partial charge is 0.267 e. The third-order valence-electron chi connectivity index (χ3n) is 5.43. The number of rotatable bonds is 5. The van der Waals surface area contributed by atoms with Crippen molar-refractivity contribution in [2.24, 2.45) is 0 Å². The van der Waals surface area contributed by atoms with Gasteiger partial charge in [0.25, 0.3) is 5.56 Å². The Hall–Kier alpha value is -2.70. The summed E-state index contributed by atoms with van der Waals surface area (Å²) in [6.45, 7) is 2.00. The van der Waals surface area contributed by atoms with Gasteiger partial charge < -0.3 is 0 Å². The summed E-state index contributed by atoms with van der Waals surface area (Å²) in [5.41, 5.74) is 3.72. The van der Waals surface area contributed by atoms with Crippen molar-refractivity contribution in [1.82, 2.24) is 9.55 Å². The third kappa shape index (κ3) is 3.40. The largest absolute Gasteiger partial charge is 0.293 e. The molecule has 0 N–H and O–H groups in total. The van der Waals surface area contributed by atoms with E-state index in [9.17, 15) is 9.59 Å². The first-order chi connectivity index (χ1) is 14.6. The molecule has 30 heavy (non-hydrogen) atoms. The van der Waals surface area contributed by atoms with E-state index in [0.717, 1.165) is 40.7 Å². The molecule has 0 radical (unpaired) electrons. The highest BCUT2D eigenvalue weighted by molar-refractivity contribution is 7.99. The number of para-hydroxylation sites is 1. The Morgan fingerprint density at radius 2 is 1.87 bits per heavy atom. The monoisotopic (exact) mass is 432 g/mol. The van der Waals surface area contributed by atoms with Gasteiger partial charge in [-0.15, -0.1) is 11.3 Å². The Labute approximate surface area is 182 Å². The molecule has 6 heteroatoms. The number of fused-ring (bicyclic) bond motifs is 3. The average molecular weight is 433 g/mol. The van der Waals surface area contributed by atoms with Gasteiger partial charge in [0.1, 0.15) is 4.83 Å². The molecule has 4 nitrogen and oxygen atoms in total. The van der Waals surface area contributed by atoms with Crippen molar-refractivity contribution < 1.29 is 4.79 Å². The number of hydrogen-bond acceptors (Lipinski definition) is 5. The van der Waals surface area contributed by atoms with Crippen molar-refractivity contribution in [3.8, 4) is 5.69 Å². The van der Waals surface area contributed by atoms with Gasteiger partial charge in [0.05, 0.1) is 16.8 Å². The molecular formula is C24H20N2O2S2. The van der Waals surface area contributed by atoms with Crippen molar-refractivity contribution in [2.75, 3.05) is 5.75 Å². The lowest BCUT2D eigenvalue weighted by atomic mass is 10.1. The van der Waals surface area contributed by atoms with Crippen LogP contribution in [0.15, 0.2) is 64.5 Å². The van der Waals surface area contributed by atoms with Crippen molar-refractivity contribution >= 4 is 39.1 Å². The molecule has 2 aromatic carbocycles. The summed E-state index contributed by atoms with van der Waals surface area (Å²) in [5.74, 6) is 0.265. The van der Waals surface area contributed by atoms with Gasteiger partial charge in [-0.3, -0.25) is 14.2 Å². The van der Waals surface area contributed by atoms with E-state index in [1.54, 1.807) is 15.9 Å². The fourth-order valence-corrected chi connectivity index (χ4v) is 6.09. The van der Waals surface area contributed by atoms with E-state index in [-0.39, 0.29) is 17.1 Å². The predicted octanol–water partition coefficient (Wildman–Crippen LogP) is 5.22. The SMILES string of the molecule is Cc1ccc(C(=O)CSc2nc3sc4c(c3c(=O)n2-c2ccccc2)CCC4)cc1. The molecule has 0 aliphatic heterocycles. The number of hydrogen-bond donors (Lipinski definition) is 0. The summed E-state index contributed by atoms with van der Waals surface area (Å²) in [6.07, 6.45) is 3.07. The van der Waals surface area contributed by atoms with E-state index in [2.05, 4.69) is 0 Å². The van der Waals surface area contributed by atoms with Crippen LogP contribution < -0.4 is 5.56 Å². The Bertz CT molecular complexity index is 1310. The van der Waals surface area contributed by atoms with E-state index >= 15 is 0 Å². The maximum atomic E-state index is 13.6. The van der Waals surface area contributed by atoms with Crippen LogP contribution in [0.1, 0.15) is 32.8 Å². The molecule has 0 spiro atoms. The van der Waals surface area contributed by atoms with Crippen LogP contribution in [-0.2, 0) is 12.8 Å². The Morgan fingerprint density at radius 3 is 2.63 bits per heavy atom. The van der Waals surface area contributed by atoms with Gasteiger partial charge in [-0.2, -0.15) is 0 Å². The van der Waals surface area contributed by atoms with Gasteiger partial charge in [-0.05, 0) is 43.9 Å². The predicted molar refractivity (Wildman–Crippen MR) is 123 cm³/mol. The van der Waals surface area contributed by atoms with Gasteiger partial charge in [0.15, 0.2) is 10.9 Å². The lowest BCUT2D eigenvalue weighted by Gasteiger charge is -2.12. The molecule has 0 saturated heterocycles. The molecule has 2 heterocycles. The topological polar surface area (TPSA) is 52.0 Å². The molecule has 0 fully saturated rings. The fraction of sp³-hybridized carbons (Fsp3) is 0.208. The second-order valence-electron chi connectivity index (χ2n) is 7.49. The number of carbonyl (C=O) groups excluding carboxylic acids is 1. The molecule has 2 aromatic heterocycles. The molecule has 4 aromatic rings. The number of aromatic nitrogens is 2. The Morgan fingerprint density at radius 1 is 1.10 bits per heavy atom. The summed E-state index contributed by atoms with van der Waals surface area (Å²) < 4.78 is 1.67. The lowest BCUT2D eigenvalue weighted by Crippen LogP contribution is -2.22. The number of Topliss-reactive ketones (excluding diaryl/α,β-unsaturated/α-hetero) is 1. The highest BCUT2D eigenvalue weighted by atomic mass is 32.2. The number of aryl methyl sites for hydroxylation is 3. The van der Waals surface area contributed by atoms with E-state index in [1.165, 1.54) is 22.2 Å². The third-order valence-corrected chi connectivity index (χ3v) is 7.55. The normalized spacial score (nSPS) is 13.0. The van der Waals surface area contributed by atoms with Gasteiger partial charge in [0.2, 0.25) is 0 Å². The average Bonchev–Trinajstić information content (AvgIpc) is 3.34. The summed E-state index contributed by atoms with van der Waals surface area (Å²) >= 11 is 2.96. The molecule has 5 rings (SSSR count). The minimum atomic E-state index is -0.0316. The number of ketones is 1. The number of thioether (sulfide) groups is 1. The van der Waals surface area contributed by atoms with Crippen LogP contribution in [-0.4, -0.2) is 21.1 Å². The van der Waals surface area contributed by atoms with E-state index < -0.39 is 0 Å². The number of thiophene rings is 1. The van der Waals surface area contributed by atoms with Crippen molar-refractivity contribution in [3.05, 3.63) is 86.5 Å². The van der Waals surface area contributed by atoms with E-state index in [1.807, 2.05) is 61.5 Å². The summed E-state index contributed by atoms with van der Waals surface area (Å²) in [5, 5.41) is 1.32. The highest BCUT2D eigenvalue weighted by Gasteiger charge is 2.24. The molecule has 0 amide bonds. The Balaban J connectivity index is 1.57. The van der Waals surface area contributed by atoms with Crippen molar-refractivity contribution in [1.29, 1.82) is 0 Å². The first-order valence-electron chi connectivity index (χ1n) is 9.97. The van der Waals surface area contributed by atoms with Crippen molar-refractivity contribution in [2.45, 2.75) is 31.3 Å². The van der Waals surface area contributed by atoms with Crippen LogP contribution in [0.25, 0.3) is 15.9 Å². The zero-order valence-electron chi connectivity index (χ0n) is 16.6. The highest BCUT2D eigenvalue weighted by Crippen LogP contribution is 2.36. The molecule has 1 aliphatic carbocycles. The summed E-state index contributed by atoms with van der Waals surface area (Å²) in [4.78, 5) is 33.2. The van der Waals surface area contributed by atoms with Gasteiger partial charge in [-0.25, -0.2) is 4.98 Å². The number of carbonyl (C=O) groups is 1. The van der Waals surface area contributed by atoms with Crippen LogP contribution in [0.4, 0.5) is 0 Å². The molecule has 1 aliphatic rings. The summed E-state index contributed by atoms with van der Waals surface area (Å²) in [7, 11) is 0. The molecule has 0 bridgehead atoms. The van der Waals surface area contributed by atoms with Crippen LogP contribution in [0.2, 0.25) is 0 Å². The first-order valence-corrected chi connectivity index (χ1v) is 11.8. The number of benzene rings is 2. The fourth-order valence-electron chi connectivity index (χ4n) is 3.88. The number of nitrogens with zero attached hydrogens (tertiary/aromatic N) is 2. The van der Waals surface area contributed by atoms with Gasteiger partial charge in [-0.1, -0.05) is 59.8 Å². The lowest BCUT2D eigenvalue weighted by molar-refractivity contribution is 0.102. The minimum Gasteiger partial charge on any atom is -0.293 e. The zero-order chi connectivity index (χ0) is 20.7. The first kappa shape index (κ1) is 19.3. The van der Waals surface area contributed by atoms with Gasteiger partial charge >= 0.3 is 0 Å². The van der Waals surface area contributed by atoms with E-state index in [4.69, 9.17) is 4.98 Å². The van der Waals surface area contributed by atoms with Crippen LogP contribution in [0.5, 0.6) is 0 Å². The molecular weight excluding hydrogens is 412 g/mol. The standard InChI is InChI=1S/C24H20N2O2S2/c1-15-10-12-16(13-11-15)19(27)14-29-24-25-22-21(18-8-5-9-20(18)30-22)23(28)26(24)17-6-3-2-4-7-17/h2-4,6-7,10-13H,5,8-9,14H2,1H3. The van der Waals surface area contributed by atoms with E-state index in [0.29, 0.717) is 10.7 Å². The summed E-state index contributed by atoms with van der Waals surface area (Å²) in [6, 6.07) is 17.2.